The molecule has 1 aromatic carbocycles. The van der Waals surface area contributed by atoms with Crippen molar-refractivity contribution in [1.29, 1.82) is 0 Å². The molecule has 0 N–H and O–H groups in total. The number of ether oxygens (including phenoxy) is 1. The summed E-state index contributed by atoms with van der Waals surface area (Å²) in [6.45, 7) is 3.32. The van der Waals surface area contributed by atoms with Gasteiger partial charge in [-0.1, -0.05) is 72.1 Å². The zero-order valence-electron chi connectivity index (χ0n) is 13.8. The van der Waals surface area contributed by atoms with E-state index < -0.39 is 0 Å². The van der Waals surface area contributed by atoms with Crippen molar-refractivity contribution in [2.75, 3.05) is 6.54 Å². The predicted molar refractivity (Wildman–Crippen MR) is 97.5 cm³/mol. The first kappa shape index (κ1) is 18.1. The van der Waals surface area contributed by atoms with Gasteiger partial charge in [-0.25, -0.2) is 4.79 Å². The van der Waals surface area contributed by atoms with Gasteiger partial charge in [-0.05, 0) is 31.2 Å². The number of halogens is 1. The van der Waals surface area contributed by atoms with E-state index in [1.165, 1.54) is 19.3 Å². The number of likely N-dealkylation sites (tertiary alicyclic amines) is 1. The van der Waals surface area contributed by atoms with Crippen LogP contribution in [-0.2, 0) is 11.3 Å². The number of amides is 1. The molecule has 0 spiro atoms. The summed E-state index contributed by atoms with van der Waals surface area (Å²) >= 11 is 3.67. The van der Waals surface area contributed by atoms with Gasteiger partial charge in [-0.3, -0.25) is 0 Å². The molecule has 1 fully saturated rings. The van der Waals surface area contributed by atoms with Gasteiger partial charge in [0.25, 0.3) is 0 Å². The maximum Gasteiger partial charge on any atom is 0.410 e. The second-order valence-corrected chi connectivity index (χ2v) is 6.89. The molecule has 1 amide bonds. The lowest BCUT2D eigenvalue weighted by Crippen LogP contribution is -2.36. The van der Waals surface area contributed by atoms with Crippen LogP contribution in [0, 0.1) is 0 Å². The number of benzene rings is 1. The molecule has 2 rings (SSSR count). The fourth-order valence-electron chi connectivity index (χ4n) is 2.84. The summed E-state index contributed by atoms with van der Waals surface area (Å²) in [4.78, 5) is 14.2. The minimum atomic E-state index is -0.213. The first-order valence-electron chi connectivity index (χ1n) is 8.55. The zero-order valence-corrected chi connectivity index (χ0v) is 15.4. The lowest BCUT2D eigenvalue weighted by atomic mass is 10.1. The van der Waals surface area contributed by atoms with E-state index in [2.05, 4.69) is 28.9 Å². The summed E-state index contributed by atoms with van der Waals surface area (Å²) in [6, 6.07) is 9.95. The Labute approximate surface area is 147 Å². The quantitative estimate of drug-likeness (QED) is 0.573. The standard InChI is InChI=1S/C19H26BrNO2/c1-2-3-4-8-12-17(20)18-13-9-14-21(18)19(22)23-15-16-10-6-5-7-11-16/h5-7,10-12,18H,2-4,8-9,13-15H2,1H3/b17-12+. The second kappa shape index (κ2) is 9.76. The minimum absolute atomic E-state index is 0.139. The highest BCUT2D eigenvalue weighted by molar-refractivity contribution is 9.11. The van der Waals surface area contributed by atoms with Crippen molar-refractivity contribution < 1.29 is 9.53 Å². The van der Waals surface area contributed by atoms with Crippen molar-refractivity contribution in [3.05, 3.63) is 46.5 Å². The highest BCUT2D eigenvalue weighted by Crippen LogP contribution is 2.28. The van der Waals surface area contributed by atoms with Crippen molar-refractivity contribution in [2.45, 2.75) is 58.1 Å². The largest absolute Gasteiger partial charge is 0.445 e. The number of rotatable bonds is 7. The highest BCUT2D eigenvalue weighted by Gasteiger charge is 2.31. The smallest absolute Gasteiger partial charge is 0.410 e. The van der Waals surface area contributed by atoms with Crippen LogP contribution < -0.4 is 0 Å². The van der Waals surface area contributed by atoms with Crippen LogP contribution in [0.15, 0.2) is 40.9 Å². The fourth-order valence-corrected chi connectivity index (χ4v) is 3.55. The van der Waals surface area contributed by atoms with Crippen LogP contribution in [0.5, 0.6) is 0 Å². The third-order valence-corrected chi connectivity index (χ3v) is 5.01. The molecule has 0 bridgehead atoms. The molecule has 1 aliphatic rings. The Hall–Kier alpha value is -1.29. The van der Waals surface area contributed by atoms with Gasteiger partial charge in [0.15, 0.2) is 0 Å². The summed E-state index contributed by atoms with van der Waals surface area (Å²) in [5.41, 5.74) is 1.02. The molecule has 1 saturated heterocycles. The average Bonchev–Trinajstić information content (AvgIpc) is 3.07. The van der Waals surface area contributed by atoms with E-state index in [1.807, 2.05) is 35.2 Å². The maximum atomic E-state index is 12.4. The molecule has 1 aromatic rings. The lowest BCUT2D eigenvalue weighted by molar-refractivity contribution is 0.0971. The number of hydrogen-bond donors (Lipinski definition) is 0. The van der Waals surface area contributed by atoms with E-state index in [9.17, 15) is 4.79 Å². The summed E-state index contributed by atoms with van der Waals surface area (Å²) in [5.74, 6) is 0. The molecular formula is C19H26BrNO2. The second-order valence-electron chi connectivity index (χ2n) is 5.98. The van der Waals surface area contributed by atoms with Gasteiger partial charge in [0.05, 0.1) is 6.04 Å². The van der Waals surface area contributed by atoms with Crippen molar-refractivity contribution in [2.24, 2.45) is 0 Å². The molecule has 0 radical (unpaired) electrons. The molecule has 0 saturated carbocycles. The number of carbonyl (C=O) groups excluding carboxylic acids is 1. The first-order valence-corrected chi connectivity index (χ1v) is 9.34. The van der Waals surface area contributed by atoms with E-state index >= 15 is 0 Å². The van der Waals surface area contributed by atoms with E-state index in [-0.39, 0.29) is 12.1 Å². The van der Waals surface area contributed by atoms with Crippen LogP contribution in [0.1, 0.15) is 51.0 Å². The molecule has 0 aromatic heterocycles. The number of unbranched alkanes of at least 4 members (excludes halogenated alkanes) is 3. The van der Waals surface area contributed by atoms with Crippen molar-refractivity contribution >= 4 is 22.0 Å². The number of nitrogens with zero attached hydrogens (tertiary/aromatic N) is 1. The van der Waals surface area contributed by atoms with Gasteiger partial charge in [-0.2, -0.15) is 0 Å². The molecule has 126 valence electrons. The summed E-state index contributed by atoms with van der Waals surface area (Å²) in [6.07, 6.45) is 8.80. The number of allylic oxidation sites excluding steroid dienone is 1. The SMILES string of the molecule is CCCCC/C=C(/Br)C1CCCN1C(=O)OCc1ccccc1. The van der Waals surface area contributed by atoms with Crippen LogP contribution >= 0.6 is 15.9 Å². The van der Waals surface area contributed by atoms with Gasteiger partial charge in [-0.15, -0.1) is 0 Å². The van der Waals surface area contributed by atoms with Crippen LogP contribution in [0.4, 0.5) is 4.79 Å². The van der Waals surface area contributed by atoms with E-state index in [1.54, 1.807) is 0 Å². The predicted octanol–water partition coefficient (Wildman–Crippen LogP) is 5.65. The Morgan fingerprint density at radius 3 is 2.87 bits per heavy atom. The van der Waals surface area contributed by atoms with Crippen molar-refractivity contribution in [3.8, 4) is 0 Å². The third-order valence-electron chi connectivity index (χ3n) is 4.16. The number of hydrogen-bond acceptors (Lipinski definition) is 2. The van der Waals surface area contributed by atoms with Gasteiger partial charge in [0, 0.05) is 11.0 Å². The Morgan fingerprint density at radius 2 is 2.13 bits per heavy atom. The normalized spacial score (nSPS) is 18.3. The van der Waals surface area contributed by atoms with Crippen LogP contribution in [0.3, 0.4) is 0 Å². The average molecular weight is 380 g/mol. The zero-order chi connectivity index (χ0) is 16.5. The Morgan fingerprint density at radius 1 is 1.35 bits per heavy atom. The molecule has 4 heteroatoms. The van der Waals surface area contributed by atoms with Crippen LogP contribution in [0.2, 0.25) is 0 Å². The first-order chi connectivity index (χ1) is 11.2. The molecule has 3 nitrogen and oxygen atoms in total. The number of carbonyl (C=O) groups is 1. The van der Waals surface area contributed by atoms with E-state index in [0.717, 1.165) is 35.9 Å². The summed E-state index contributed by atoms with van der Waals surface area (Å²) < 4.78 is 6.60. The van der Waals surface area contributed by atoms with Crippen molar-refractivity contribution in [1.82, 2.24) is 4.90 Å². The molecule has 1 heterocycles. The molecular weight excluding hydrogens is 354 g/mol. The minimum Gasteiger partial charge on any atom is -0.445 e. The highest BCUT2D eigenvalue weighted by atomic mass is 79.9. The van der Waals surface area contributed by atoms with Crippen LogP contribution in [0.25, 0.3) is 0 Å². The topological polar surface area (TPSA) is 29.5 Å². The van der Waals surface area contributed by atoms with Crippen molar-refractivity contribution in [3.63, 3.8) is 0 Å². The Bertz CT molecular complexity index is 515. The van der Waals surface area contributed by atoms with E-state index in [4.69, 9.17) is 4.74 Å². The van der Waals surface area contributed by atoms with Gasteiger partial charge >= 0.3 is 6.09 Å². The fraction of sp³-hybridized carbons (Fsp3) is 0.526. The summed E-state index contributed by atoms with van der Waals surface area (Å²) in [7, 11) is 0. The maximum absolute atomic E-state index is 12.4. The van der Waals surface area contributed by atoms with Crippen LogP contribution in [-0.4, -0.2) is 23.6 Å². The van der Waals surface area contributed by atoms with Gasteiger partial charge in [0.2, 0.25) is 0 Å². The summed E-state index contributed by atoms with van der Waals surface area (Å²) in [5, 5.41) is 0. The van der Waals surface area contributed by atoms with Gasteiger partial charge < -0.3 is 9.64 Å². The molecule has 1 unspecified atom stereocenters. The Balaban J connectivity index is 1.86. The monoisotopic (exact) mass is 379 g/mol. The molecule has 1 atom stereocenters. The lowest BCUT2D eigenvalue weighted by Gasteiger charge is -2.24. The third kappa shape index (κ3) is 5.69. The molecule has 1 aliphatic heterocycles. The Kier molecular flexibility index (Phi) is 7.66. The molecule has 0 aliphatic carbocycles. The van der Waals surface area contributed by atoms with Gasteiger partial charge in [0.1, 0.15) is 6.61 Å². The van der Waals surface area contributed by atoms with E-state index in [0.29, 0.717) is 6.61 Å². The molecule has 23 heavy (non-hydrogen) atoms.